The highest BCUT2D eigenvalue weighted by Gasteiger charge is 2.32. The maximum absolute atomic E-state index is 6.22. The van der Waals surface area contributed by atoms with Crippen LogP contribution in [0.3, 0.4) is 0 Å². The van der Waals surface area contributed by atoms with Crippen LogP contribution in [0.4, 0.5) is 0 Å². The van der Waals surface area contributed by atoms with Crippen molar-refractivity contribution in [2.75, 3.05) is 6.61 Å². The van der Waals surface area contributed by atoms with Crippen molar-refractivity contribution in [3.8, 4) is 5.75 Å². The molecule has 1 aliphatic heterocycles. The van der Waals surface area contributed by atoms with E-state index in [1.165, 1.54) is 24.0 Å². The maximum Gasteiger partial charge on any atom is 0.122 e. The van der Waals surface area contributed by atoms with Crippen LogP contribution in [0, 0.1) is 5.92 Å². The Hall–Kier alpha value is -1.02. The quantitative estimate of drug-likeness (QED) is 0.772. The summed E-state index contributed by atoms with van der Waals surface area (Å²) >= 11 is 0. The normalized spacial score (nSPS) is 21.5. The van der Waals surface area contributed by atoms with Crippen LogP contribution in [0.5, 0.6) is 5.75 Å². The van der Waals surface area contributed by atoms with E-state index in [2.05, 4.69) is 12.1 Å². The number of rotatable bonds is 2. The SMILES string of the molecule is N[C@H](c1cccc2c1CCO2)C1CC1. The van der Waals surface area contributed by atoms with Crippen molar-refractivity contribution in [2.45, 2.75) is 25.3 Å². The molecule has 0 amide bonds. The van der Waals surface area contributed by atoms with Crippen molar-refractivity contribution in [3.63, 3.8) is 0 Å². The van der Waals surface area contributed by atoms with E-state index in [1.54, 1.807) is 0 Å². The van der Waals surface area contributed by atoms with Gasteiger partial charge < -0.3 is 10.5 Å². The van der Waals surface area contributed by atoms with Crippen LogP contribution in [-0.4, -0.2) is 6.61 Å². The average Bonchev–Trinajstić information content (AvgIpc) is 2.94. The summed E-state index contributed by atoms with van der Waals surface area (Å²) < 4.78 is 5.53. The third kappa shape index (κ3) is 1.22. The molecule has 2 aliphatic rings. The second-order valence-electron chi connectivity index (χ2n) is 4.29. The number of hydrogen-bond donors (Lipinski definition) is 1. The number of benzene rings is 1. The molecule has 0 saturated heterocycles. The topological polar surface area (TPSA) is 35.2 Å². The second kappa shape index (κ2) is 2.99. The summed E-state index contributed by atoms with van der Waals surface area (Å²) in [6.07, 6.45) is 3.63. The van der Waals surface area contributed by atoms with Gasteiger partial charge in [-0.05, 0) is 30.4 Å². The molecule has 3 rings (SSSR count). The van der Waals surface area contributed by atoms with Gasteiger partial charge in [0.25, 0.3) is 0 Å². The van der Waals surface area contributed by atoms with E-state index in [0.717, 1.165) is 24.7 Å². The summed E-state index contributed by atoms with van der Waals surface area (Å²) in [5.74, 6) is 1.78. The van der Waals surface area contributed by atoms with Gasteiger partial charge in [-0.15, -0.1) is 0 Å². The van der Waals surface area contributed by atoms with Gasteiger partial charge in [-0.3, -0.25) is 0 Å². The fourth-order valence-corrected chi connectivity index (χ4v) is 2.27. The highest BCUT2D eigenvalue weighted by Crippen LogP contribution is 2.42. The van der Waals surface area contributed by atoms with E-state index in [9.17, 15) is 0 Å². The van der Waals surface area contributed by atoms with Gasteiger partial charge in [0, 0.05) is 18.0 Å². The first kappa shape index (κ1) is 8.30. The first-order valence-corrected chi connectivity index (χ1v) is 5.36. The predicted octanol–water partition coefficient (Wildman–Crippen LogP) is 2.03. The molecule has 1 fully saturated rings. The van der Waals surface area contributed by atoms with E-state index in [4.69, 9.17) is 10.5 Å². The van der Waals surface area contributed by atoms with Crippen molar-refractivity contribution in [1.82, 2.24) is 0 Å². The molecule has 0 bridgehead atoms. The fraction of sp³-hybridized carbons (Fsp3) is 0.500. The van der Waals surface area contributed by atoms with Gasteiger partial charge in [0.2, 0.25) is 0 Å². The summed E-state index contributed by atoms with van der Waals surface area (Å²) in [6.45, 7) is 0.823. The summed E-state index contributed by atoms with van der Waals surface area (Å²) in [7, 11) is 0. The number of nitrogens with two attached hydrogens (primary N) is 1. The molecule has 0 unspecified atom stereocenters. The fourth-order valence-electron chi connectivity index (χ4n) is 2.27. The molecule has 1 heterocycles. The van der Waals surface area contributed by atoms with E-state index in [-0.39, 0.29) is 6.04 Å². The molecule has 14 heavy (non-hydrogen) atoms. The maximum atomic E-state index is 6.22. The largest absolute Gasteiger partial charge is 0.493 e. The van der Waals surface area contributed by atoms with Crippen molar-refractivity contribution in [2.24, 2.45) is 11.7 Å². The van der Waals surface area contributed by atoms with Crippen molar-refractivity contribution in [3.05, 3.63) is 29.3 Å². The summed E-state index contributed by atoms with van der Waals surface area (Å²) in [5.41, 5.74) is 8.89. The molecule has 2 heteroatoms. The molecule has 1 aliphatic carbocycles. The van der Waals surface area contributed by atoms with Crippen LogP contribution in [0.2, 0.25) is 0 Å². The molecule has 0 aromatic heterocycles. The van der Waals surface area contributed by atoms with E-state index in [0.29, 0.717) is 0 Å². The summed E-state index contributed by atoms with van der Waals surface area (Å²) in [6, 6.07) is 6.51. The van der Waals surface area contributed by atoms with Gasteiger partial charge >= 0.3 is 0 Å². The first-order valence-electron chi connectivity index (χ1n) is 5.36. The lowest BCUT2D eigenvalue weighted by Crippen LogP contribution is -2.14. The third-order valence-electron chi connectivity index (χ3n) is 3.27. The third-order valence-corrected chi connectivity index (χ3v) is 3.27. The Bertz CT molecular complexity index is 357. The molecule has 2 N–H and O–H groups in total. The molecule has 2 nitrogen and oxygen atoms in total. The van der Waals surface area contributed by atoms with Crippen LogP contribution in [-0.2, 0) is 6.42 Å². The molecule has 0 spiro atoms. The molecular weight excluding hydrogens is 174 g/mol. The molecule has 1 saturated carbocycles. The zero-order valence-electron chi connectivity index (χ0n) is 8.20. The minimum atomic E-state index is 0.242. The van der Waals surface area contributed by atoms with Gasteiger partial charge in [-0.1, -0.05) is 12.1 Å². The molecule has 0 radical (unpaired) electrons. The van der Waals surface area contributed by atoms with E-state index < -0.39 is 0 Å². The number of hydrogen-bond acceptors (Lipinski definition) is 2. The van der Waals surface area contributed by atoms with Gasteiger partial charge in [0.1, 0.15) is 5.75 Å². The van der Waals surface area contributed by atoms with Crippen LogP contribution >= 0.6 is 0 Å². The van der Waals surface area contributed by atoms with Crippen molar-refractivity contribution in [1.29, 1.82) is 0 Å². The number of fused-ring (bicyclic) bond motifs is 1. The molecule has 1 aromatic rings. The highest BCUT2D eigenvalue weighted by molar-refractivity contribution is 5.44. The van der Waals surface area contributed by atoms with Crippen LogP contribution in [0.15, 0.2) is 18.2 Å². The Morgan fingerprint density at radius 3 is 3.00 bits per heavy atom. The lowest BCUT2D eigenvalue weighted by atomic mass is 9.96. The monoisotopic (exact) mass is 189 g/mol. The minimum Gasteiger partial charge on any atom is -0.493 e. The Labute approximate surface area is 84.1 Å². The van der Waals surface area contributed by atoms with Crippen LogP contribution in [0.1, 0.15) is 30.0 Å². The van der Waals surface area contributed by atoms with Gasteiger partial charge in [0.15, 0.2) is 0 Å². The second-order valence-corrected chi connectivity index (χ2v) is 4.29. The highest BCUT2D eigenvalue weighted by atomic mass is 16.5. The summed E-state index contributed by atoms with van der Waals surface area (Å²) in [4.78, 5) is 0. The zero-order chi connectivity index (χ0) is 9.54. The average molecular weight is 189 g/mol. The van der Waals surface area contributed by atoms with E-state index >= 15 is 0 Å². The Morgan fingerprint density at radius 1 is 1.36 bits per heavy atom. The minimum absolute atomic E-state index is 0.242. The molecule has 1 aromatic carbocycles. The zero-order valence-corrected chi connectivity index (χ0v) is 8.20. The molecule has 1 atom stereocenters. The van der Waals surface area contributed by atoms with Crippen LogP contribution < -0.4 is 10.5 Å². The molecule has 74 valence electrons. The van der Waals surface area contributed by atoms with E-state index in [1.807, 2.05) is 6.07 Å². The molecular formula is C12H15NO. The van der Waals surface area contributed by atoms with Crippen molar-refractivity contribution < 1.29 is 4.74 Å². The lowest BCUT2D eigenvalue weighted by Gasteiger charge is -2.14. The lowest BCUT2D eigenvalue weighted by molar-refractivity contribution is 0.357. The smallest absolute Gasteiger partial charge is 0.122 e. The predicted molar refractivity (Wildman–Crippen MR) is 55.3 cm³/mol. The summed E-state index contributed by atoms with van der Waals surface area (Å²) in [5, 5.41) is 0. The van der Waals surface area contributed by atoms with Crippen LogP contribution in [0.25, 0.3) is 0 Å². The Morgan fingerprint density at radius 2 is 2.21 bits per heavy atom. The van der Waals surface area contributed by atoms with Gasteiger partial charge in [-0.2, -0.15) is 0 Å². The van der Waals surface area contributed by atoms with Crippen molar-refractivity contribution >= 4 is 0 Å². The first-order chi connectivity index (χ1) is 6.86. The Kier molecular flexibility index (Phi) is 1.77. The Balaban J connectivity index is 2.00. The van der Waals surface area contributed by atoms with Gasteiger partial charge in [-0.25, -0.2) is 0 Å². The standard InChI is InChI=1S/C12H15NO/c13-12(8-4-5-8)10-2-1-3-11-9(10)6-7-14-11/h1-3,8,12H,4-7,13H2/t12-/m0/s1. The van der Waals surface area contributed by atoms with Gasteiger partial charge in [0.05, 0.1) is 6.61 Å². The number of ether oxygens (including phenoxy) is 1.